The molecule has 0 unspecified atom stereocenters. The van der Waals surface area contributed by atoms with Crippen molar-refractivity contribution in [1.82, 2.24) is 15.1 Å². The Kier molecular flexibility index (Phi) is 5.61. The van der Waals surface area contributed by atoms with E-state index >= 15 is 0 Å². The number of carbonyl (C=O) groups is 1. The van der Waals surface area contributed by atoms with E-state index in [1.807, 2.05) is 44.6 Å². The van der Waals surface area contributed by atoms with E-state index in [1.165, 1.54) is 5.69 Å². The zero-order valence-corrected chi connectivity index (χ0v) is 16.1. The van der Waals surface area contributed by atoms with Gasteiger partial charge in [-0.25, -0.2) is 0 Å². The predicted molar refractivity (Wildman–Crippen MR) is 102 cm³/mol. The minimum atomic E-state index is -0.223. The van der Waals surface area contributed by atoms with Gasteiger partial charge in [0.05, 0.1) is 24.8 Å². The molecule has 26 heavy (non-hydrogen) atoms. The number of benzene rings is 1. The first-order valence-electron chi connectivity index (χ1n) is 9.17. The number of para-hydroxylation sites is 1. The van der Waals surface area contributed by atoms with Gasteiger partial charge >= 0.3 is 0 Å². The van der Waals surface area contributed by atoms with Crippen molar-refractivity contribution in [2.24, 2.45) is 7.05 Å². The molecule has 140 valence electrons. The first-order chi connectivity index (χ1) is 12.5. The zero-order chi connectivity index (χ0) is 18.7. The topological polar surface area (TPSA) is 59.4 Å². The van der Waals surface area contributed by atoms with E-state index in [4.69, 9.17) is 4.74 Å². The molecule has 2 aromatic rings. The second-order valence-electron chi connectivity index (χ2n) is 6.88. The van der Waals surface area contributed by atoms with Gasteiger partial charge in [0.2, 0.25) is 5.91 Å². The summed E-state index contributed by atoms with van der Waals surface area (Å²) >= 11 is 0. The molecule has 1 fully saturated rings. The number of carbonyl (C=O) groups excluding carboxylic acids is 1. The molecule has 0 saturated carbocycles. The van der Waals surface area contributed by atoms with E-state index in [1.54, 1.807) is 0 Å². The van der Waals surface area contributed by atoms with Crippen LogP contribution in [0.4, 0.5) is 5.69 Å². The van der Waals surface area contributed by atoms with Crippen molar-refractivity contribution in [3.05, 3.63) is 46.8 Å². The lowest BCUT2D eigenvalue weighted by Gasteiger charge is -2.30. The first kappa shape index (κ1) is 18.5. The number of morpholine rings is 1. The molecule has 1 N–H and O–H groups in total. The van der Waals surface area contributed by atoms with E-state index in [0.717, 1.165) is 48.8 Å². The Labute approximate surface area is 155 Å². The molecular weight excluding hydrogens is 328 g/mol. The van der Waals surface area contributed by atoms with E-state index < -0.39 is 0 Å². The van der Waals surface area contributed by atoms with Crippen molar-refractivity contribution >= 4 is 11.6 Å². The van der Waals surface area contributed by atoms with E-state index in [9.17, 15) is 4.79 Å². The summed E-state index contributed by atoms with van der Waals surface area (Å²) in [5.74, 6) is -0.194. The van der Waals surface area contributed by atoms with Crippen molar-refractivity contribution in [2.45, 2.75) is 33.2 Å². The maximum atomic E-state index is 12.7. The summed E-state index contributed by atoms with van der Waals surface area (Å²) in [5, 5.41) is 7.53. The molecule has 1 aliphatic heterocycles. The second kappa shape index (κ2) is 7.91. The fourth-order valence-corrected chi connectivity index (χ4v) is 3.66. The molecule has 3 rings (SSSR count). The quantitative estimate of drug-likeness (QED) is 0.893. The Hall–Kier alpha value is -2.34. The van der Waals surface area contributed by atoms with Gasteiger partial charge in [0.1, 0.15) is 0 Å². The lowest BCUT2D eigenvalue weighted by Crippen LogP contribution is -2.37. The van der Waals surface area contributed by atoms with Crippen LogP contribution in [0.5, 0.6) is 0 Å². The highest BCUT2D eigenvalue weighted by Gasteiger charge is 2.23. The highest BCUT2D eigenvalue weighted by Crippen LogP contribution is 2.24. The molecule has 6 heteroatoms. The van der Waals surface area contributed by atoms with Crippen LogP contribution in [0.15, 0.2) is 24.3 Å². The smallest absolute Gasteiger partial charge is 0.227 e. The minimum Gasteiger partial charge on any atom is -0.378 e. The fraction of sp³-hybridized carbons (Fsp3) is 0.500. The monoisotopic (exact) mass is 356 g/mol. The lowest BCUT2D eigenvalue weighted by atomic mass is 9.98. The predicted octanol–water partition coefficient (Wildman–Crippen LogP) is 2.29. The summed E-state index contributed by atoms with van der Waals surface area (Å²) in [6.07, 6.45) is 0. The van der Waals surface area contributed by atoms with Gasteiger partial charge in [-0.2, -0.15) is 5.10 Å². The number of hydrogen-bond donors (Lipinski definition) is 1. The lowest BCUT2D eigenvalue weighted by molar-refractivity contribution is -0.122. The van der Waals surface area contributed by atoms with Gasteiger partial charge in [-0.3, -0.25) is 9.48 Å². The highest BCUT2D eigenvalue weighted by molar-refractivity contribution is 5.84. The average molecular weight is 356 g/mol. The Bertz CT molecular complexity index is 778. The van der Waals surface area contributed by atoms with Crippen LogP contribution in [0.2, 0.25) is 0 Å². The van der Waals surface area contributed by atoms with Gasteiger partial charge in [-0.1, -0.05) is 18.2 Å². The van der Waals surface area contributed by atoms with Crippen molar-refractivity contribution in [3.63, 3.8) is 0 Å². The number of hydrogen-bond acceptors (Lipinski definition) is 4. The van der Waals surface area contributed by atoms with Crippen LogP contribution in [0.25, 0.3) is 0 Å². The Morgan fingerprint density at radius 3 is 2.62 bits per heavy atom. The molecule has 0 bridgehead atoms. The van der Waals surface area contributed by atoms with Crippen LogP contribution < -0.4 is 10.2 Å². The number of nitrogens with one attached hydrogen (secondary N) is 1. The maximum absolute atomic E-state index is 12.7. The van der Waals surface area contributed by atoms with E-state index in [0.29, 0.717) is 6.54 Å². The first-order valence-corrected chi connectivity index (χ1v) is 9.17. The summed E-state index contributed by atoms with van der Waals surface area (Å²) < 4.78 is 7.28. The van der Waals surface area contributed by atoms with Crippen LogP contribution in [0, 0.1) is 13.8 Å². The number of aromatic nitrogens is 2. The normalized spacial score (nSPS) is 15.8. The van der Waals surface area contributed by atoms with Crippen molar-refractivity contribution in [2.75, 3.05) is 31.2 Å². The summed E-state index contributed by atoms with van der Waals surface area (Å²) in [4.78, 5) is 15.1. The number of nitrogens with zero attached hydrogens (tertiary/aromatic N) is 3. The highest BCUT2D eigenvalue weighted by atomic mass is 16.5. The molecule has 0 aliphatic carbocycles. The summed E-state index contributed by atoms with van der Waals surface area (Å²) in [7, 11) is 1.91. The number of ether oxygens (including phenoxy) is 1. The largest absolute Gasteiger partial charge is 0.378 e. The second-order valence-corrected chi connectivity index (χ2v) is 6.88. The molecule has 1 saturated heterocycles. The molecule has 1 atom stereocenters. The maximum Gasteiger partial charge on any atom is 0.227 e. The van der Waals surface area contributed by atoms with Gasteiger partial charge < -0.3 is 15.0 Å². The molecular formula is C20H28N4O2. The zero-order valence-electron chi connectivity index (χ0n) is 16.1. The molecule has 0 spiro atoms. The van der Waals surface area contributed by atoms with Crippen molar-refractivity contribution in [3.8, 4) is 0 Å². The summed E-state index contributed by atoms with van der Waals surface area (Å²) in [6, 6.07) is 8.26. The molecule has 1 aliphatic rings. The van der Waals surface area contributed by atoms with Gasteiger partial charge in [-0.15, -0.1) is 0 Å². The number of rotatable bonds is 5. The Balaban J connectivity index is 1.70. The fourth-order valence-electron chi connectivity index (χ4n) is 3.66. The third-order valence-electron chi connectivity index (χ3n) is 5.19. The van der Waals surface area contributed by atoms with E-state index in [2.05, 4.69) is 27.4 Å². The molecule has 1 aromatic carbocycles. The summed E-state index contributed by atoms with van der Waals surface area (Å²) in [6.45, 7) is 9.70. The van der Waals surface area contributed by atoms with Crippen LogP contribution in [-0.4, -0.2) is 42.0 Å². The number of anilines is 1. The standard InChI is InChI=1S/C20H28N4O2/c1-14(19-15(2)22-23(4)16(19)3)20(25)21-13-17-7-5-6-8-18(17)24-9-11-26-12-10-24/h5-8,14H,9-13H2,1-4H3,(H,21,25)/t14-/m1/s1. The molecule has 0 radical (unpaired) electrons. The third kappa shape index (κ3) is 3.75. The van der Waals surface area contributed by atoms with Gasteiger partial charge in [0.25, 0.3) is 0 Å². The van der Waals surface area contributed by atoms with Crippen LogP contribution in [0.3, 0.4) is 0 Å². The van der Waals surface area contributed by atoms with Gasteiger partial charge in [-0.05, 0) is 32.4 Å². The number of aryl methyl sites for hydroxylation is 2. The molecule has 1 amide bonds. The molecule has 6 nitrogen and oxygen atoms in total. The van der Waals surface area contributed by atoms with Crippen LogP contribution in [-0.2, 0) is 23.1 Å². The van der Waals surface area contributed by atoms with Crippen molar-refractivity contribution < 1.29 is 9.53 Å². The third-order valence-corrected chi connectivity index (χ3v) is 5.19. The summed E-state index contributed by atoms with van der Waals surface area (Å²) in [5.41, 5.74) is 5.29. The number of amides is 1. The Morgan fingerprint density at radius 1 is 1.27 bits per heavy atom. The molecule has 2 heterocycles. The van der Waals surface area contributed by atoms with E-state index in [-0.39, 0.29) is 11.8 Å². The average Bonchev–Trinajstić information content (AvgIpc) is 2.92. The van der Waals surface area contributed by atoms with Gasteiger partial charge in [0.15, 0.2) is 0 Å². The Morgan fingerprint density at radius 2 is 1.96 bits per heavy atom. The van der Waals surface area contributed by atoms with Crippen LogP contribution in [0.1, 0.15) is 35.4 Å². The van der Waals surface area contributed by atoms with Gasteiger partial charge in [0, 0.05) is 43.6 Å². The van der Waals surface area contributed by atoms with Crippen LogP contribution >= 0.6 is 0 Å². The molecule has 1 aromatic heterocycles. The minimum absolute atomic E-state index is 0.0287. The van der Waals surface area contributed by atoms with Crippen molar-refractivity contribution in [1.29, 1.82) is 0 Å². The SMILES string of the molecule is Cc1nn(C)c(C)c1[C@@H](C)C(=O)NCc1ccccc1N1CCOCC1.